The van der Waals surface area contributed by atoms with Gasteiger partial charge in [0, 0.05) is 54.1 Å². The summed E-state index contributed by atoms with van der Waals surface area (Å²) in [5.41, 5.74) is 0.657. The Labute approximate surface area is 229 Å². The molecule has 3 saturated heterocycles. The Balaban J connectivity index is 1.78. The van der Waals surface area contributed by atoms with Crippen LogP contribution >= 0.6 is 39.3 Å². The zero-order valence-electron chi connectivity index (χ0n) is 20.2. The number of likely N-dealkylation sites (tertiary alicyclic amines) is 1. The molecule has 7 nitrogen and oxygen atoms in total. The van der Waals surface area contributed by atoms with Crippen LogP contribution < -0.4 is 4.90 Å². The number of halogens is 2. The van der Waals surface area contributed by atoms with Gasteiger partial charge in [-0.25, -0.2) is 0 Å². The van der Waals surface area contributed by atoms with E-state index in [0.29, 0.717) is 30.1 Å². The predicted octanol–water partition coefficient (Wildman–Crippen LogP) is 3.35. The van der Waals surface area contributed by atoms with Crippen molar-refractivity contribution in [1.82, 2.24) is 9.80 Å². The maximum Gasteiger partial charge on any atom is 0.251 e. The third-order valence-corrected chi connectivity index (χ3v) is 10.8. The number of aliphatic hydroxyl groups is 1. The number of anilines is 1. The number of aliphatic hydroxyl groups excluding tert-OH is 1. The highest BCUT2D eigenvalue weighted by Gasteiger charge is 2.75. The molecule has 4 rings (SSSR count). The SMILES string of the molecule is C=CCN(C)C(=O)[C@H]1[C@H]2C(=O)N(CCCO)C(C(=O)N(CC=C)c3ccc(Cl)cc3)C23CC(Br)[C@@H]1S3. The molecule has 0 aromatic heterocycles. The van der Waals surface area contributed by atoms with Crippen LogP contribution in [0.3, 0.4) is 0 Å². The van der Waals surface area contributed by atoms with Gasteiger partial charge in [-0.1, -0.05) is 39.7 Å². The molecule has 3 aliphatic rings. The first-order chi connectivity index (χ1) is 17.2. The molecule has 2 bridgehead atoms. The van der Waals surface area contributed by atoms with Crippen molar-refractivity contribution in [3.8, 4) is 0 Å². The van der Waals surface area contributed by atoms with Gasteiger partial charge < -0.3 is 19.8 Å². The van der Waals surface area contributed by atoms with Crippen molar-refractivity contribution >= 4 is 62.7 Å². The highest BCUT2D eigenvalue weighted by Crippen LogP contribution is 2.68. The minimum atomic E-state index is -0.769. The number of carbonyl (C=O) groups is 3. The Morgan fingerprint density at radius 2 is 1.92 bits per heavy atom. The first-order valence-corrected chi connectivity index (χ1v) is 14.2. The molecule has 1 aromatic carbocycles. The first kappa shape index (κ1) is 27.2. The standard InChI is InChI=1S/C26H31BrClN3O4S/c1-4-11-29(3)23(33)19-20-24(34)31(13-6-14-32)22(26(20)15-18(27)21(19)36-26)25(35)30(12-5-2)17-9-7-16(28)8-10-17/h4-5,7-10,18-22,32H,1-2,6,11-15H2,3H3/t18?,19-,20-,21-,22?,26?/m0/s1. The molecule has 3 fully saturated rings. The zero-order chi connectivity index (χ0) is 26.2. The largest absolute Gasteiger partial charge is 0.396 e. The molecule has 3 heterocycles. The van der Waals surface area contributed by atoms with Gasteiger partial charge in [-0.05, 0) is 37.1 Å². The molecule has 0 saturated carbocycles. The van der Waals surface area contributed by atoms with E-state index in [1.807, 2.05) is 0 Å². The van der Waals surface area contributed by atoms with Crippen molar-refractivity contribution in [2.75, 3.05) is 38.2 Å². The quantitative estimate of drug-likeness (QED) is 0.331. The van der Waals surface area contributed by atoms with Crippen molar-refractivity contribution in [1.29, 1.82) is 0 Å². The Morgan fingerprint density at radius 1 is 1.25 bits per heavy atom. The fraction of sp³-hybridized carbons (Fsp3) is 0.500. The van der Waals surface area contributed by atoms with Gasteiger partial charge in [-0.2, -0.15) is 0 Å². The highest BCUT2D eigenvalue weighted by molar-refractivity contribution is 9.09. The second-order valence-corrected chi connectivity index (χ2v) is 12.6. The van der Waals surface area contributed by atoms with Crippen LogP contribution in [0.15, 0.2) is 49.6 Å². The van der Waals surface area contributed by atoms with E-state index in [4.69, 9.17) is 11.6 Å². The third kappa shape index (κ3) is 4.42. The minimum Gasteiger partial charge on any atom is -0.396 e. The molecule has 36 heavy (non-hydrogen) atoms. The number of hydrogen-bond acceptors (Lipinski definition) is 5. The zero-order valence-corrected chi connectivity index (χ0v) is 23.3. The van der Waals surface area contributed by atoms with Crippen LogP contribution in [-0.4, -0.2) is 86.8 Å². The summed E-state index contributed by atoms with van der Waals surface area (Å²) in [5.74, 6) is -1.65. The summed E-state index contributed by atoms with van der Waals surface area (Å²) < 4.78 is -0.746. The molecule has 3 unspecified atom stereocenters. The smallest absolute Gasteiger partial charge is 0.251 e. The van der Waals surface area contributed by atoms with Crippen LogP contribution in [0, 0.1) is 11.8 Å². The van der Waals surface area contributed by atoms with E-state index < -0.39 is 22.6 Å². The van der Waals surface area contributed by atoms with E-state index in [2.05, 4.69) is 29.1 Å². The molecule has 1 spiro atoms. The molecule has 0 aliphatic carbocycles. The molecule has 194 valence electrons. The van der Waals surface area contributed by atoms with E-state index in [1.165, 1.54) is 0 Å². The molecule has 0 radical (unpaired) electrons. The summed E-state index contributed by atoms with van der Waals surface area (Å²) in [6.07, 6.45) is 4.26. The third-order valence-electron chi connectivity index (χ3n) is 7.36. The van der Waals surface area contributed by atoms with Gasteiger partial charge in [0.2, 0.25) is 11.8 Å². The lowest BCUT2D eigenvalue weighted by molar-refractivity contribution is -0.143. The van der Waals surface area contributed by atoms with Crippen LogP contribution in [0.2, 0.25) is 5.02 Å². The molecule has 3 amide bonds. The van der Waals surface area contributed by atoms with Gasteiger partial charge >= 0.3 is 0 Å². The Morgan fingerprint density at radius 3 is 2.53 bits per heavy atom. The van der Waals surface area contributed by atoms with Crippen molar-refractivity contribution < 1.29 is 19.5 Å². The van der Waals surface area contributed by atoms with Crippen molar-refractivity contribution in [3.05, 3.63) is 54.6 Å². The van der Waals surface area contributed by atoms with Crippen molar-refractivity contribution in [2.45, 2.75) is 33.7 Å². The van der Waals surface area contributed by atoms with Crippen molar-refractivity contribution in [2.24, 2.45) is 11.8 Å². The summed E-state index contributed by atoms with van der Waals surface area (Å²) in [5, 5.41) is 9.98. The number of rotatable bonds is 10. The summed E-state index contributed by atoms with van der Waals surface area (Å²) in [7, 11) is 1.72. The monoisotopic (exact) mass is 595 g/mol. The van der Waals surface area contributed by atoms with Gasteiger partial charge in [0.25, 0.3) is 5.91 Å². The molecule has 3 aliphatic heterocycles. The average molecular weight is 597 g/mol. The Hall–Kier alpha value is -1.81. The van der Waals surface area contributed by atoms with Gasteiger partial charge in [-0.3, -0.25) is 14.4 Å². The van der Waals surface area contributed by atoms with Crippen LogP contribution in [0.5, 0.6) is 0 Å². The highest BCUT2D eigenvalue weighted by atomic mass is 79.9. The van der Waals surface area contributed by atoms with Crippen LogP contribution in [0.25, 0.3) is 0 Å². The summed E-state index contributed by atoms with van der Waals surface area (Å²) in [6, 6.07) is 6.22. The lowest BCUT2D eigenvalue weighted by Gasteiger charge is -2.38. The number of carbonyl (C=O) groups excluding carboxylic acids is 3. The maximum atomic E-state index is 14.3. The van der Waals surface area contributed by atoms with Crippen LogP contribution in [0.1, 0.15) is 12.8 Å². The van der Waals surface area contributed by atoms with Gasteiger partial charge in [0.1, 0.15) is 6.04 Å². The fourth-order valence-electron chi connectivity index (χ4n) is 5.93. The Bertz CT molecular complexity index is 1060. The lowest BCUT2D eigenvalue weighted by atomic mass is 9.70. The van der Waals surface area contributed by atoms with E-state index in [0.717, 1.165) is 0 Å². The fourth-order valence-corrected chi connectivity index (χ4v) is 9.66. The van der Waals surface area contributed by atoms with Gasteiger partial charge in [0.15, 0.2) is 0 Å². The molecule has 6 atom stereocenters. The number of amides is 3. The molecular weight excluding hydrogens is 566 g/mol. The minimum absolute atomic E-state index is 0.00545. The van der Waals surface area contributed by atoms with Crippen molar-refractivity contribution in [3.63, 3.8) is 0 Å². The molecule has 1 aromatic rings. The maximum absolute atomic E-state index is 14.3. The number of likely N-dealkylation sites (N-methyl/N-ethyl adjacent to an activating group) is 1. The second-order valence-electron chi connectivity index (χ2n) is 9.49. The molecular formula is C26H31BrClN3O4S. The average Bonchev–Trinajstić information content (AvgIpc) is 3.44. The molecule has 1 N–H and O–H groups in total. The topological polar surface area (TPSA) is 81.2 Å². The number of nitrogens with zero attached hydrogens (tertiary/aromatic N) is 3. The second kappa shape index (κ2) is 10.9. The van der Waals surface area contributed by atoms with Gasteiger partial charge in [-0.15, -0.1) is 24.9 Å². The Kier molecular flexibility index (Phi) is 8.24. The number of thioether (sulfide) groups is 1. The number of benzene rings is 1. The predicted molar refractivity (Wildman–Crippen MR) is 147 cm³/mol. The van der Waals surface area contributed by atoms with E-state index in [-0.39, 0.29) is 47.5 Å². The van der Waals surface area contributed by atoms with Gasteiger partial charge in [0.05, 0.1) is 16.6 Å². The normalized spacial score (nSPS) is 30.3. The number of hydrogen-bond donors (Lipinski definition) is 1. The van der Waals surface area contributed by atoms with E-state index in [9.17, 15) is 19.5 Å². The summed E-state index contributed by atoms with van der Waals surface area (Å²) >= 11 is 11.5. The van der Waals surface area contributed by atoms with Crippen LogP contribution in [-0.2, 0) is 14.4 Å². The summed E-state index contributed by atoms with van der Waals surface area (Å²) in [4.78, 5) is 46.7. The number of fused-ring (bicyclic) bond motifs is 1. The van der Waals surface area contributed by atoms with Crippen LogP contribution in [0.4, 0.5) is 5.69 Å². The summed E-state index contributed by atoms with van der Waals surface area (Å²) in [6.45, 7) is 8.35. The van der Waals surface area contributed by atoms with E-state index in [1.54, 1.807) is 69.9 Å². The molecule has 10 heteroatoms. The first-order valence-electron chi connectivity index (χ1n) is 12.0. The number of alkyl halides is 1. The lowest BCUT2D eigenvalue weighted by Crippen LogP contribution is -2.56. The van der Waals surface area contributed by atoms with E-state index >= 15 is 0 Å².